The van der Waals surface area contributed by atoms with Crippen molar-refractivity contribution >= 4 is 23.9 Å². The van der Waals surface area contributed by atoms with Crippen molar-refractivity contribution < 1.29 is 53.1 Å². The Bertz CT molecular complexity index is 1160. The second-order valence-electron chi connectivity index (χ2n) is 12.4. The highest BCUT2D eigenvalue weighted by atomic mass is 16.7. The largest absolute Gasteiger partial charge is 0.462 e. The molecule has 2 saturated heterocycles. The SMILES string of the molecule is C=C(C)[C@H]1C=C[C@@H](OC(C)=O)[C@]23CO[C@@](O)([C@@](C)(O)[C@H]12)[C@@]1(OC(C)=O)C[C@H](C)[C@H](OC(C)=O)[C@@H]1[C@H]3OC(=O)CCC. The molecular formula is C30H42O11. The number of aliphatic hydroxyl groups is 2. The molecule has 2 N–H and O–H groups in total. The summed E-state index contributed by atoms with van der Waals surface area (Å²) in [5, 5.41) is 25.2. The molecule has 2 saturated carbocycles. The van der Waals surface area contributed by atoms with Crippen molar-refractivity contribution in [3.8, 4) is 0 Å². The predicted molar refractivity (Wildman–Crippen MR) is 143 cm³/mol. The minimum absolute atomic E-state index is 0.0395. The molecule has 41 heavy (non-hydrogen) atoms. The third-order valence-electron chi connectivity index (χ3n) is 9.49. The summed E-state index contributed by atoms with van der Waals surface area (Å²) in [6.07, 6.45) is 0.379. The van der Waals surface area contributed by atoms with E-state index in [9.17, 15) is 29.4 Å². The van der Waals surface area contributed by atoms with Crippen molar-refractivity contribution in [3.05, 3.63) is 24.3 Å². The van der Waals surface area contributed by atoms with Crippen molar-refractivity contribution in [1.82, 2.24) is 0 Å². The van der Waals surface area contributed by atoms with Crippen molar-refractivity contribution in [2.24, 2.45) is 29.1 Å². The molecule has 5 rings (SSSR count). The summed E-state index contributed by atoms with van der Waals surface area (Å²) in [7, 11) is 0. The van der Waals surface area contributed by atoms with Crippen LogP contribution in [0.3, 0.4) is 0 Å². The van der Waals surface area contributed by atoms with Crippen LogP contribution in [0.4, 0.5) is 0 Å². The normalized spacial score (nSPS) is 44.2. The minimum Gasteiger partial charge on any atom is -0.462 e. The molecule has 0 aromatic rings. The lowest BCUT2D eigenvalue weighted by Gasteiger charge is -2.62. The maximum atomic E-state index is 13.3. The second-order valence-corrected chi connectivity index (χ2v) is 12.4. The van der Waals surface area contributed by atoms with Crippen LogP contribution in [-0.4, -0.2) is 76.0 Å². The van der Waals surface area contributed by atoms with Gasteiger partial charge in [0.15, 0.2) is 5.60 Å². The Labute approximate surface area is 240 Å². The summed E-state index contributed by atoms with van der Waals surface area (Å²) < 4.78 is 30.2. The van der Waals surface area contributed by atoms with Crippen LogP contribution in [0.5, 0.6) is 0 Å². The van der Waals surface area contributed by atoms with E-state index in [4.69, 9.17) is 23.7 Å². The van der Waals surface area contributed by atoms with E-state index in [1.165, 1.54) is 20.8 Å². The van der Waals surface area contributed by atoms with Gasteiger partial charge in [-0.2, -0.15) is 0 Å². The predicted octanol–water partition coefficient (Wildman–Crippen LogP) is 2.37. The smallest absolute Gasteiger partial charge is 0.306 e. The highest BCUT2D eigenvalue weighted by Gasteiger charge is 2.86. The Balaban J connectivity index is 2.15. The molecule has 3 aliphatic carbocycles. The van der Waals surface area contributed by atoms with Gasteiger partial charge in [0, 0.05) is 39.0 Å². The number of carbonyl (C=O) groups is 4. The molecule has 11 nitrogen and oxygen atoms in total. The quantitative estimate of drug-likeness (QED) is 0.260. The lowest BCUT2D eigenvalue weighted by Crippen LogP contribution is -2.77. The van der Waals surface area contributed by atoms with E-state index in [0.29, 0.717) is 12.0 Å². The monoisotopic (exact) mass is 578 g/mol. The number of ether oxygens (including phenoxy) is 5. The van der Waals surface area contributed by atoms with E-state index >= 15 is 0 Å². The number of hydrogen-bond acceptors (Lipinski definition) is 11. The van der Waals surface area contributed by atoms with E-state index in [2.05, 4.69) is 6.58 Å². The number of hydrogen-bond donors (Lipinski definition) is 2. The summed E-state index contributed by atoms with van der Waals surface area (Å²) in [4.78, 5) is 51.0. The van der Waals surface area contributed by atoms with E-state index in [-0.39, 0.29) is 19.4 Å². The summed E-state index contributed by atoms with van der Waals surface area (Å²) >= 11 is 0. The van der Waals surface area contributed by atoms with Gasteiger partial charge in [-0.15, -0.1) is 0 Å². The third-order valence-corrected chi connectivity index (χ3v) is 9.49. The lowest BCUT2D eigenvalue weighted by atomic mass is 9.52. The molecule has 0 aromatic carbocycles. The molecule has 1 spiro atoms. The Kier molecular flexibility index (Phi) is 7.99. The molecule has 11 heteroatoms. The lowest BCUT2D eigenvalue weighted by molar-refractivity contribution is -0.411. The average molecular weight is 579 g/mol. The first-order chi connectivity index (χ1) is 19.0. The molecule has 2 bridgehead atoms. The van der Waals surface area contributed by atoms with E-state index in [0.717, 1.165) is 6.92 Å². The van der Waals surface area contributed by atoms with Crippen LogP contribution in [0.15, 0.2) is 24.3 Å². The van der Waals surface area contributed by atoms with Crippen molar-refractivity contribution in [1.29, 1.82) is 0 Å². The highest BCUT2D eigenvalue weighted by molar-refractivity contribution is 5.71. The van der Waals surface area contributed by atoms with Crippen LogP contribution in [0.25, 0.3) is 0 Å². The maximum Gasteiger partial charge on any atom is 0.306 e. The van der Waals surface area contributed by atoms with Crippen LogP contribution >= 0.6 is 0 Å². The molecule has 0 unspecified atom stereocenters. The standard InChI is InChI=1S/C30H42O11/c1-9-10-22(34)40-26-23-24(39-18(6)32)16(4)13-29(23,41-19(7)33)30(36)27(8,35)25-20(15(2)3)11-12-21(38-17(5)31)28(25,26)14-37-30/h11-12,16,20-21,23-26,35-36H,2,9-10,13-14H2,1,3-8H3/t16-,20+,21+,23+,24-,25-,26+,27-,28+,29+,30-/m0/s1. The summed E-state index contributed by atoms with van der Waals surface area (Å²) in [6, 6.07) is 0. The van der Waals surface area contributed by atoms with Crippen LogP contribution in [0, 0.1) is 29.1 Å². The van der Waals surface area contributed by atoms with Crippen LogP contribution < -0.4 is 0 Å². The molecule has 2 aliphatic heterocycles. The third kappa shape index (κ3) is 4.42. The zero-order chi connectivity index (χ0) is 30.7. The number of carbonyl (C=O) groups excluding carboxylic acids is 4. The molecule has 0 radical (unpaired) electrons. The molecule has 0 amide bonds. The molecule has 11 atom stereocenters. The van der Waals surface area contributed by atoms with Crippen LogP contribution in [-0.2, 0) is 42.9 Å². The molecule has 2 heterocycles. The van der Waals surface area contributed by atoms with Gasteiger partial charge in [-0.1, -0.05) is 32.1 Å². The fraction of sp³-hybridized carbons (Fsp3) is 0.733. The van der Waals surface area contributed by atoms with Gasteiger partial charge in [0.2, 0.25) is 5.79 Å². The summed E-state index contributed by atoms with van der Waals surface area (Å²) in [5.41, 5.74) is -5.11. The molecule has 0 aromatic heterocycles. The topological polar surface area (TPSA) is 155 Å². The fourth-order valence-corrected chi connectivity index (χ4v) is 8.27. The van der Waals surface area contributed by atoms with Gasteiger partial charge in [-0.05, 0) is 38.7 Å². The second kappa shape index (κ2) is 10.5. The Morgan fingerprint density at radius 2 is 1.63 bits per heavy atom. The van der Waals surface area contributed by atoms with Gasteiger partial charge < -0.3 is 33.9 Å². The molecule has 5 aliphatic rings. The van der Waals surface area contributed by atoms with Gasteiger partial charge in [-0.25, -0.2) is 0 Å². The van der Waals surface area contributed by atoms with Crippen molar-refractivity contribution in [3.63, 3.8) is 0 Å². The van der Waals surface area contributed by atoms with Crippen LogP contribution in [0.1, 0.15) is 67.7 Å². The number of rotatable bonds is 7. The first-order valence-corrected chi connectivity index (χ1v) is 14.2. The Hall–Kier alpha value is -2.76. The highest BCUT2D eigenvalue weighted by Crippen LogP contribution is 2.70. The molecule has 228 valence electrons. The van der Waals surface area contributed by atoms with E-state index < -0.39 is 88.3 Å². The van der Waals surface area contributed by atoms with Gasteiger partial charge in [-0.3, -0.25) is 19.2 Å². The minimum atomic E-state index is -2.56. The van der Waals surface area contributed by atoms with E-state index in [1.807, 2.05) is 6.92 Å². The van der Waals surface area contributed by atoms with Gasteiger partial charge in [0.05, 0.1) is 17.9 Å². The Morgan fingerprint density at radius 1 is 1.00 bits per heavy atom. The molecular weight excluding hydrogens is 536 g/mol. The first kappa shape index (κ1) is 31.2. The summed E-state index contributed by atoms with van der Waals surface area (Å²) in [5.74, 6) is -8.54. The fourth-order valence-electron chi connectivity index (χ4n) is 8.27. The number of esters is 4. The zero-order valence-electron chi connectivity index (χ0n) is 24.8. The average Bonchev–Trinajstić information content (AvgIpc) is 3.04. The Morgan fingerprint density at radius 3 is 2.17 bits per heavy atom. The van der Waals surface area contributed by atoms with Crippen molar-refractivity contribution in [2.45, 2.75) is 103 Å². The van der Waals surface area contributed by atoms with E-state index in [1.54, 1.807) is 26.0 Å². The first-order valence-electron chi connectivity index (χ1n) is 14.2. The molecule has 4 fully saturated rings. The number of allylic oxidation sites excluding steroid dienone is 2. The maximum absolute atomic E-state index is 13.3. The zero-order valence-corrected chi connectivity index (χ0v) is 24.8. The summed E-state index contributed by atoms with van der Waals surface area (Å²) in [6.45, 7) is 14.1. The van der Waals surface area contributed by atoms with Crippen molar-refractivity contribution in [2.75, 3.05) is 6.61 Å². The van der Waals surface area contributed by atoms with Gasteiger partial charge >= 0.3 is 23.9 Å². The van der Waals surface area contributed by atoms with Crippen LogP contribution in [0.2, 0.25) is 0 Å². The van der Waals surface area contributed by atoms with Gasteiger partial charge in [0.25, 0.3) is 0 Å². The number of fused-ring (bicyclic) bond motifs is 1. The van der Waals surface area contributed by atoms with Gasteiger partial charge in [0.1, 0.15) is 23.9 Å².